The Bertz CT molecular complexity index is 890. The molecule has 0 fully saturated rings. The van der Waals surface area contributed by atoms with Gasteiger partial charge in [-0.1, -0.05) is 23.7 Å². The quantitative estimate of drug-likeness (QED) is 0.529. The van der Waals surface area contributed by atoms with Crippen LogP contribution in [-0.2, 0) is 6.54 Å². The smallest absolute Gasteiger partial charge is 0.256 e. The molecule has 132 valence electrons. The van der Waals surface area contributed by atoms with Crippen LogP contribution in [0.5, 0.6) is 11.6 Å². The van der Waals surface area contributed by atoms with Gasteiger partial charge >= 0.3 is 0 Å². The van der Waals surface area contributed by atoms with E-state index < -0.39 is 11.7 Å². The molecule has 7 heteroatoms. The van der Waals surface area contributed by atoms with Crippen LogP contribution in [0.15, 0.2) is 42.7 Å². The third-order valence-corrected chi connectivity index (χ3v) is 3.95. The molecular formula is C18H16ClF3N2O. The molecule has 1 aromatic carbocycles. The first-order valence-electron chi connectivity index (χ1n) is 7.78. The van der Waals surface area contributed by atoms with Crippen LogP contribution < -0.4 is 4.74 Å². The van der Waals surface area contributed by atoms with Gasteiger partial charge in [0, 0.05) is 30.7 Å². The first-order valence-corrected chi connectivity index (χ1v) is 8.16. The molecule has 0 spiro atoms. The fraction of sp³-hybridized carbons (Fsp3) is 0.278. The summed E-state index contributed by atoms with van der Waals surface area (Å²) in [6.07, 6.45) is 3.21. The summed E-state index contributed by atoms with van der Waals surface area (Å²) in [6, 6.07) is 8.31. The van der Waals surface area contributed by atoms with Crippen molar-refractivity contribution in [1.29, 1.82) is 0 Å². The number of pyridine rings is 1. The van der Waals surface area contributed by atoms with E-state index >= 15 is 0 Å². The number of benzene rings is 1. The van der Waals surface area contributed by atoms with Crippen molar-refractivity contribution in [2.75, 3.05) is 0 Å². The third kappa shape index (κ3) is 4.25. The molecule has 3 nitrogen and oxygen atoms in total. The minimum absolute atomic E-state index is 0.173. The Kier molecular flexibility index (Phi) is 4.90. The fourth-order valence-corrected chi connectivity index (χ4v) is 2.78. The average Bonchev–Trinajstić information content (AvgIpc) is 2.93. The largest absolute Gasteiger partial charge is 0.434 e. The Labute approximate surface area is 148 Å². The van der Waals surface area contributed by atoms with Crippen molar-refractivity contribution < 1.29 is 17.9 Å². The van der Waals surface area contributed by atoms with E-state index in [1.165, 1.54) is 6.20 Å². The molecule has 0 unspecified atom stereocenters. The Morgan fingerprint density at radius 3 is 2.80 bits per heavy atom. The monoisotopic (exact) mass is 368 g/mol. The zero-order chi connectivity index (χ0) is 18.0. The Balaban J connectivity index is 1.89. The van der Waals surface area contributed by atoms with Crippen LogP contribution in [0.4, 0.5) is 13.2 Å². The van der Waals surface area contributed by atoms with Gasteiger partial charge in [-0.3, -0.25) is 0 Å². The van der Waals surface area contributed by atoms with Gasteiger partial charge in [-0.15, -0.1) is 0 Å². The van der Waals surface area contributed by atoms with Gasteiger partial charge in [-0.2, -0.15) is 0 Å². The van der Waals surface area contributed by atoms with Crippen molar-refractivity contribution in [3.63, 3.8) is 0 Å². The minimum Gasteiger partial charge on any atom is -0.434 e. The number of nitrogens with zero attached hydrogens (tertiary/aromatic N) is 2. The lowest BCUT2D eigenvalue weighted by Crippen LogP contribution is -2.10. The van der Waals surface area contributed by atoms with E-state index in [2.05, 4.69) is 4.98 Å². The van der Waals surface area contributed by atoms with Crippen LogP contribution in [-0.4, -0.2) is 15.5 Å². The Hall–Kier alpha value is -2.21. The van der Waals surface area contributed by atoms with Crippen LogP contribution in [0.3, 0.4) is 0 Å². The zero-order valence-corrected chi connectivity index (χ0v) is 14.2. The number of hydrogen-bond acceptors (Lipinski definition) is 2. The third-order valence-electron chi connectivity index (χ3n) is 3.75. The van der Waals surface area contributed by atoms with Crippen LogP contribution in [0.2, 0.25) is 5.02 Å². The zero-order valence-electron chi connectivity index (χ0n) is 13.5. The maximum atomic E-state index is 13.9. The maximum Gasteiger partial charge on any atom is 0.256 e. The molecule has 0 saturated carbocycles. The first-order chi connectivity index (χ1) is 11.8. The molecule has 0 aliphatic heterocycles. The normalized spacial score (nSPS) is 11.9. The predicted molar refractivity (Wildman–Crippen MR) is 91.1 cm³/mol. The number of para-hydroxylation sites is 1. The van der Waals surface area contributed by atoms with Gasteiger partial charge in [0.2, 0.25) is 5.92 Å². The van der Waals surface area contributed by atoms with Gasteiger partial charge in [0.15, 0.2) is 11.6 Å². The van der Waals surface area contributed by atoms with E-state index in [1.54, 1.807) is 18.3 Å². The SMILES string of the molecule is CC(F)(F)CCCn1ccc2cccc(Oc3ncc(Cl)cc3F)c21. The molecule has 0 aliphatic carbocycles. The van der Waals surface area contributed by atoms with Crippen molar-refractivity contribution in [2.45, 2.75) is 32.2 Å². The van der Waals surface area contributed by atoms with Crippen molar-refractivity contribution in [2.24, 2.45) is 0 Å². The standard InChI is InChI=1S/C18H16ClF3N2O/c1-18(21,22)7-3-8-24-9-6-12-4-2-5-15(16(12)24)25-17-14(20)10-13(19)11-23-17/h2,4-6,9-11H,3,7-8H2,1H3. The minimum atomic E-state index is -2.70. The molecule has 0 bridgehead atoms. The average molecular weight is 369 g/mol. The van der Waals surface area contributed by atoms with Gasteiger partial charge in [0.05, 0.1) is 10.5 Å². The highest BCUT2D eigenvalue weighted by Crippen LogP contribution is 2.32. The summed E-state index contributed by atoms with van der Waals surface area (Å²) >= 11 is 5.69. The van der Waals surface area contributed by atoms with Crippen molar-refractivity contribution in [1.82, 2.24) is 9.55 Å². The van der Waals surface area contributed by atoms with Crippen LogP contribution in [0, 0.1) is 5.82 Å². The van der Waals surface area contributed by atoms with Gasteiger partial charge in [0.25, 0.3) is 5.88 Å². The highest BCUT2D eigenvalue weighted by atomic mass is 35.5. The van der Waals surface area contributed by atoms with Crippen LogP contribution in [0.1, 0.15) is 19.8 Å². The van der Waals surface area contributed by atoms with E-state index in [0.717, 1.165) is 18.4 Å². The molecule has 25 heavy (non-hydrogen) atoms. The molecule has 0 N–H and O–H groups in total. The molecule has 0 amide bonds. The second-order valence-electron chi connectivity index (χ2n) is 5.92. The van der Waals surface area contributed by atoms with Crippen molar-refractivity contribution >= 4 is 22.5 Å². The van der Waals surface area contributed by atoms with Gasteiger partial charge in [-0.25, -0.2) is 18.2 Å². The molecular weight excluding hydrogens is 353 g/mol. The molecule has 3 rings (SSSR count). The lowest BCUT2D eigenvalue weighted by Gasteiger charge is -2.13. The summed E-state index contributed by atoms with van der Waals surface area (Å²) in [6.45, 7) is 1.31. The lowest BCUT2D eigenvalue weighted by molar-refractivity contribution is 0.0100. The van der Waals surface area contributed by atoms with Gasteiger partial charge in [-0.05, 0) is 31.5 Å². The van der Waals surface area contributed by atoms with Crippen molar-refractivity contribution in [3.05, 3.63) is 53.6 Å². The highest BCUT2D eigenvalue weighted by molar-refractivity contribution is 6.30. The Morgan fingerprint density at radius 1 is 1.28 bits per heavy atom. The number of halogens is 4. The van der Waals surface area contributed by atoms with E-state index in [4.69, 9.17) is 16.3 Å². The summed E-state index contributed by atoms with van der Waals surface area (Å²) in [5.74, 6) is -3.16. The van der Waals surface area contributed by atoms with Crippen LogP contribution in [0.25, 0.3) is 10.9 Å². The van der Waals surface area contributed by atoms with E-state index in [9.17, 15) is 13.2 Å². The number of alkyl halides is 2. The first kappa shape index (κ1) is 17.6. The van der Waals surface area contributed by atoms with Crippen molar-refractivity contribution in [3.8, 4) is 11.6 Å². The second-order valence-corrected chi connectivity index (χ2v) is 6.36. The summed E-state index contributed by atoms with van der Waals surface area (Å²) in [5.41, 5.74) is 0.707. The van der Waals surface area contributed by atoms with Gasteiger partial charge < -0.3 is 9.30 Å². The fourth-order valence-electron chi connectivity index (χ4n) is 2.64. The molecule has 0 atom stereocenters. The number of hydrogen-bond donors (Lipinski definition) is 0. The number of aromatic nitrogens is 2. The van der Waals surface area contributed by atoms with E-state index in [-0.39, 0.29) is 17.3 Å². The number of fused-ring (bicyclic) bond motifs is 1. The molecule has 0 radical (unpaired) electrons. The Morgan fingerprint density at radius 2 is 2.08 bits per heavy atom. The van der Waals surface area contributed by atoms with E-state index in [1.807, 2.05) is 16.7 Å². The highest BCUT2D eigenvalue weighted by Gasteiger charge is 2.20. The van der Waals surface area contributed by atoms with E-state index in [0.29, 0.717) is 24.2 Å². The molecule has 2 heterocycles. The number of ether oxygens (including phenoxy) is 1. The molecule has 0 aliphatic rings. The topological polar surface area (TPSA) is 27.1 Å². The molecule has 0 saturated heterocycles. The summed E-state index contributed by atoms with van der Waals surface area (Å²) in [7, 11) is 0. The lowest BCUT2D eigenvalue weighted by atomic mass is 10.2. The number of aryl methyl sites for hydroxylation is 1. The van der Waals surface area contributed by atoms with Crippen LogP contribution >= 0.6 is 11.6 Å². The summed E-state index contributed by atoms with van der Waals surface area (Å²) in [4.78, 5) is 3.85. The second kappa shape index (κ2) is 6.96. The van der Waals surface area contributed by atoms with Gasteiger partial charge in [0.1, 0.15) is 0 Å². The molecule has 3 aromatic rings. The molecule has 2 aromatic heterocycles. The number of rotatable bonds is 6. The predicted octanol–water partition coefficient (Wildman–Crippen LogP) is 6.06. The maximum absolute atomic E-state index is 13.9. The summed E-state index contributed by atoms with van der Waals surface area (Å²) < 4.78 is 47.4. The summed E-state index contributed by atoms with van der Waals surface area (Å²) in [5, 5.41) is 1.04.